The molecule has 0 aromatic carbocycles. The van der Waals surface area contributed by atoms with Crippen molar-refractivity contribution in [2.45, 2.75) is 32.1 Å². The summed E-state index contributed by atoms with van der Waals surface area (Å²) in [4.78, 5) is 11.9. The smallest absolute Gasteiger partial charge is 0.135 e. The molecule has 0 spiro atoms. The molecular formula is C11H24N2O2. The van der Waals surface area contributed by atoms with Crippen molar-refractivity contribution in [1.29, 1.82) is 0 Å². The van der Waals surface area contributed by atoms with Crippen LogP contribution in [-0.2, 0) is 9.78 Å². The number of nitrogens with two attached hydrogens (primary N) is 1. The maximum atomic E-state index is 5.49. The highest BCUT2D eigenvalue weighted by Crippen LogP contribution is 2.21. The first-order valence-corrected chi connectivity index (χ1v) is 5.95. The number of hydrogen-bond donors (Lipinski definition) is 1. The molecule has 1 saturated heterocycles. The Morgan fingerprint density at radius 3 is 3.00 bits per heavy atom. The lowest BCUT2D eigenvalue weighted by Crippen LogP contribution is -2.36. The maximum Gasteiger partial charge on any atom is 0.135 e. The van der Waals surface area contributed by atoms with Gasteiger partial charge in [0, 0.05) is 13.1 Å². The normalized spacial score (nSPS) is 23.2. The van der Waals surface area contributed by atoms with Crippen LogP contribution in [0.25, 0.3) is 0 Å². The van der Waals surface area contributed by atoms with Gasteiger partial charge < -0.3 is 5.73 Å². The second-order valence-corrected chi connectivity index (χ2v) is 4.28. The van der Waals surface area contributed by atoms with Gasteiger partial charge >= 0.3 is 0 Å². The summed E-state index contributed by atoms with van der Waals surface area (Å²) in [5, 5.41) is 0. The first-order chi connectivity index (χ1) is 7.36. The summed E-state index contributed by atoms with van der Waals surface area (Å²) >= 11 is 0. The molecule has 0 saturated carbocycles. The van der Waals surface area contributed by atoms with Crippen molar-refractivity contribution in [3.8, 4) is 0 Å². The van der Waals surface area contributed by atoms with Crippen LogP contribution < -0.4 is 5.73 Å². The zero-order valence-corrected chi connectivity index (χ0v) is 9.78. The molecule has 1 unspecified atom stereocenters. The van der Waals surface area contributed by atoms with Crippen LogP contribution in [0.1, 0.15) is 32.1 Å². The fourth-order valence-electron chi connectivity index (χ4n) is 2.21. The van der Waals surface area contributed by atoms with Crippen LogP contribution >= 0.6 is 0 Å². The number of piperidine rings is 1. The van der Waals surface area contributed by atoms with E-state index in [2.05, 4.69) is 9.79 Å². The number of likely N-dealkylation sites (tertiary alicyclic amines) is 1. The molecule has 1 aliphatic rings. The molecule has 1 atom stereocenters. The molecule has 1 rings (SSSR count). The monoisotopic (exact) mass is 216 g/mol. The average molecular weight is 216 g/mol. The van der Waals surface area contributed by atoms with E-state index >= 15 is 0 Å². The quantitative estimate of drug-likeness (QED) is 0.396. The van der Waals surface area contributed by atoms with E-state index in [0.29, 0.717) is 6.73 Å². The third-order valence-corrected chi connectivity index (χ3v) is 3.02. The van der Waals surface area contributed by atoms with Gasteiger partial charge in [-0.25, -0.2) is 9.78 Å². The Hall–Kier alpha value is -0.160. The summed E-state index contributed by atoms with van der Waals surface area (Å²) in [5.41, 5.74) is 5.49. The fraction of sp³-hybridized carbons (Fsp3) is 1.00. The highest BCUT2D eigenvalue weighted by atomic mass is 17.2. The fourth-order valence-corrected chi connectivity index (χ4v) is 2.21. The summed E-state index contributed by atoms with van der Waals surface area (Å²) in [6, 6.07) is 0. The van der Waals surface area contributed by atoms with E-state index in [-0.39, 0.29) is 0 Å². The van der Waals surface area contributed by atoms with Gasteiger partial charge in [-0.15, -0.1) is 0 Å². The highest BCUT2D eigenvalue weighted by molar-refractivity contribution is 4.71. The van der Waals surface area contributed by atoms with Gasteiger partial charge in [0.2, 0.25) is 0 Å². The van der Waals surface area contributed by atoms with Crippen LogP contribution in [0.4, 0.5) is 0 Å². The predicted octanol–water partition coefficient (Wildman–Crippen LogP) is 1.36. The lowest BCUT2D eigenvalue weighted by molar-refractivity contribution is -0.297. The summed E-state index contributed by atoms with van der Waals surface area (Å²) in [6.07, 6.45) is 6.36. The maximum absolute atomic E-state index is 5.49. The van der Waals surface area contributed by atoms with E-state index in [9.17, 15) is 0 Å². The summed E-state index contributed by atoms with van der Waals surface area (Å²) in [6.45, 7) is 3.71. The summed E-state index contributed by atoms with van der Waals surface area (Å²) in [5.74, 6) is 0.825. The highest BCUT2D eigenvalue weighted by Gasteiger charge is 2.19. The third-order valence-electron chi connectivity index (χ3n) is 3.02. The second kappa shape index (κ2) is 8.05. The zero-order chi connectivity index (χ0) is 10.9. The van der Waals surface area contributed by atoms with Crippen molar-refractivity contribution < 1.29 is 9.78 Å². The van der Waals surface area contributed by atoms with Crippen LogP contribution in [0.5, 0.6) is 0 Å². The molecule has 0 bridgehead atoms. The van der Waals surface area contributed by atoms with Gasteiger partial charge in [-0.05, 0) is 38.1 Å². The van der Waals surface area contributed by atoms with Gasteiger partial charge in [0.05, 0.1) is 7.11 Å². The Morgan fingerprint density at radius 1 is 1.40 bits per heavy atom. The topological polar surface area (TPSA) is 47.7 Å². The number of rotatable bonds is 7. The lowest BCUT2D eigenvalue weighted by Gasteiger charge is -2.31. The van der Waals surface area contributed by atoms with Crippen molar-refractivity contribution in [3.63, 3.8) is 0 Å². The van der Waals surface area contributed by atoms with Crippen molar-refractivity contribution in [2.75, 3.05) is 33.5 Å². The van der Waals surface area contributed by atoms with Crippen LogP contribution in [0.2, 0.25) is 0 Å². The van der Waals surface area contributed by atoms with Gasteiger partial charge in [0.1, 0.15) is 6.73 Å². The molecule has 1 fully saturated rings. The zero-order valence-electron chi connectivity index (χ0n) is 9.78. The van der Waals surface area contributed by atoms with Gasteiger partial charge in [-0.2, -0.15) is 0 Å². The average Bonchev–Trinajstić information content (AvgIpc) is 2.27. The first kappa shape index (κ1) is 12.9. The first-order valence-electron chi connectivity index (χ1n) is 5.95. The Kier molecular flexibility index (Phi) is 6.92. The number of unbranched alkanes of at least 4 members (excludes halogenated alkanes) is 1. The minimum absolute atomic E-state index is 0.601. The van der Waals surface area contributed by atoms with Gasteiger partial charge in [0.25, 0.3) is 0 Å². The molecule has 4 heteroatoms. The molecular weight excluding hydrogens is 192 g/mol. The van der Waals surface area contributed by atoms with Crippen LogP contribution in [0.3, 0.4) is 0 Å². The van der Waals surface area contributed by atoms with E-state index in [1.165, 1.54) is 25.7 Å². The second-order valence-electron chi connectivity index (χ2n) is 4.28. The summed E-state index contributed by atoms with van der Waals surface area (Å²) < 4.78 is 0. The van der Waals surface area contributed by atoms with Crippen molar-refractivity contribution in [3.05, 3.63) is 0 Å². The largest absolute Gasteiger partial charge is 0.330 e. The SMILES string of the molecule is COOCN1CCCC(CCCCN)C1. The molecule has 4 nitrogen and oxygen atoms in total. The minimum Gasteiger partial charge on any atom is -0.330 e. The molecule has 0 aromatic rings. The Balaban J connectivity index is 2.11. The van der Waals surface area contributed by atoms with E-state index in [4.69, 9.17) is 10.6 Å². The van der Waals surface area contributed by atoms with Crippen LogP contribution in [0, 0.1) is 5.92 Å². The molecule has 0 aliphatic carbocycles. The third kappa shape index (κ3) is 5.47. The molecule has 2 N–H and O–H groups in total. The van der Waals surface area contributed by atoms with E-state index < -0.39 is 0 Å². The van der Waals surface area contributed by atoms with E-state index in [0.717, 1.165) is 32.0 Å². The number of hydrogen-bond acceptors (Lipinski definition) is 4. The van der Waals surface area contributed by atoms with Gasteiger partial charge in [-0.3, -0.25) is 4.90 Å². The van der Waals surface area contributed by atoms with Crippen molar-refractivity contribution in [2.24, 2.45) is 11.7 Å². The minimum atomic E-state index is 0.601. The Labute approximate surface area is 92.6 Å². The van der Waals surface area contributed by atoms with Gasteiger partial charge in [0.15, 0.2) is 0 Å². The number of nitrogens with zero attached hydrogens (tertiary/aromatic N) is 1. The Bertz CT molecular complexity index is 156. The van der Waals surface area contributed by atoms with E-state index in [1.807, 2.05) is 0 Å². The molecule has 0 radical (unpaired) electrons. The predicted molar refractivity (Wildman–Crippen MR) is 60.2 cm³/mol. The van der Waals surface area contributed by atoms with Crippen molar-refractivity contribution >= 4 is 0 Å². The van der Waals surface area contributed by atoms with E-state index in [1.54, 1.807) is 7.11 Å². The van der Waals surface area contributed by atoms with Gasteiger partial charge in [-0.1, -0.05) is 6.42 Å². The Morgan fingerprint density at radius 2 is 2.27 bits per heavy atom. The lowest BCUT2D eigenvalue weighted by atomic mass is 9.93. The molecule has 90 valence electrons. The van der Waals surface area contributed by atoms with Crippen LogP contribution in [0.15, 0.2) is 0 Å². The molecule has 1 aliphatic heterocycles. The van der Waals surface area contributed by atoms with Crippen LogP contribution in [-0.4, -0.2) is 38.4 Å². The van der Waals surface area contributed by atoms with Crippen molar-refractivity contribution in [1.82, 2.24) is 4.90 Å². The standard InChI is InChI=1S/C11H24N2O2/c1-14-15-10-13-8-4-6-11(9-13)5-2-3-7-12/h11H,2-10,12H2,1H3. The molecule has 0 aromatic heterocycles. The molecule has 0 amide bonds. The molecule has 1 heterocycles. The molecule has 15 heavy (non-hydrogen) atoms. The summed E-state index contributed by atoms with van der Waals surface area (Å²) in [7, 11) is 1.56.